The fraction of sp³-hybridized carbons (Fsp3) is 1.00. The fourth-order valence-electron chi connectivity index (χ4n) is 0.272. The summed E-state index contributed by atoms with van der Waals surface area (Å²) < 4.78 is 4.62. The van der Waals surface area contributed by atoms with Crippen LogP contribution in [0.25, 0.3) is 0 Å². The predicted molar refractivity (Wildman–Crippen MR) is 28.1 cm³/mol. The van der Waals surface area contributed by atoms with Gasteiger partial charge in [-0.05, 0) is 0 Å². The molecule has 4 heteroatoms. The summed E-state index contributed by atoms with van der Waals surface area (Å²) in [6.45, 7) is 0.724. The van der Waals surface area contributed by atoms with Crippen molar-refractivity contribution in [2.75, 3.05) is 19.8 Å². The van der Waals surface area contributed by atoms with Gasteiger partial charge in [0.1, 0.15) is 0 Å². The van der Waals surface area contributed by atoms with E-state index in [0.717, 1.165) is 0 Å². The van der Waals surface area contributed by atoms with Crippen molar-refractivity contribution in [2.24, 2.45) is 5.73 Å². The van der Waals surface area contributed by atoms with Crippen LogP contribution in [0.15, 0.2) is 0 Å². The minimum absolute atomic E-state index is 0.0583. The summed E-state index contributed by atoms with van der Waals surface area (Å²) in [5, 5.41) is 16.3. The molecule has 4 nitrogen and oxygen atoms in total. The molecule has 0 bridgehead atoms. The van der Waals surface area contributed by atoms with Gasteiger partial charge in [0.2, 0.25) is 0 Å². The molecule has 0 rings (SSSR count). The first kappa shape index (κ1) is 7.84. The molecule has 0 aromatic heterocycles. The third kappa shape index (κ3) is 5.84. The Morgan fingerprint density at radius 2 is 2.12 bits per heavy atom. The van der Waals surface area contributed by atoms with E-state index in [1.807, 2.05) is 0 Å². The van der Waals surface area contributed by atoms with Crippen molar-refractivity contribution in [3.63, 3.8) is 0 Å². The lowest BCUT2D eigenvalue weighted by Gasteiger charge is -2.01. The molecule has 0 aromatic carbocycles. The maximum Gasteiger partial charge on any atom is 0.175 e. The number of rotatable bonds is 4. The quantitative estimate of drug-likeness (QED) is 0.305. The van der Waals surface area contributed by atoms with Gasteiger partial charge in [0, 0.05) is 6.54 Å². The Morgan fingerprint density at radius 1 is 1.50 bits per heavy atom. The van der Waals surface area contributed by atoms with Crippen LogP contribution in [0.1, 0.15) is 0 Å². The van der Waals surface area contributed by atoms with E-state index in [-0.39, 0.29) is 6.61 Å². The summed E-state index contributed by atoms with van der Waals surface area (Å²) in [7, 11) is 0. The number of aliphatic hydroxyl groups excluding tert-OH is 1. The first-order valence-corrected chi connectivity index (χ1v) is 2.41. The van der Waals surface area contributed by atoms with Crippen molar-refractivity contribution >= 4 is 0 Å². The SMILES string of the molecule is NCCOCC(O)O. The molecule has 0 amide bonds. The zero-order valence-electron chi connectivity index (χ0n) is 4.58. The Kier molecular flexibility index (Phi) is 4.89. The van der Waals surface area contributed by atoms with E-state index in [1.54, 1.807) is 0 Å². The molecule has 0 aliphatic carbocycles. The van der Waals surface area contributed by atoms with E-state index in [2.05, 4.69) is 4.74 Å². The van der Waals surface area contributed by atoms with Crippen molar-refractivity contribution in [3.8, 4) is 0 Å². The van der Waals surface area contributed by atoms with Crippen LogP contribution in [0.2, 0.25) is 0 Å². The molecule has 0 heterocycles. The van der Waals surface area contributed by atoms with Gasteiger partial charge < -0.3 is 20.7 Å². The largest absolute Gasteiger partial charge is 0.375 e. The molecule has 0 saturated heterocycles. The first-order chi connectivity index (χ1) is 3.77. The van der Waals surface area contributed by atoms with Crippen LogP contribution in [0.5, 0.6) is 0 Å². The van der Waals surface area contributed by atoms with Gasteiger partial charge >= 0.3 is 0 Å². The van der Waals surface area contributed by atoms with Crippen LogP contribution >= 0.6 is 0 Å². The van der Waals surface area contributed by atoms with Gasteiger partial charge in [-0.15, -0.1) is 0 Å². The standard InChI is InChI=1S/C4H11NO3/c5-1-2-8-3-4(6)7/h4,6-7H,1-3,5H2. The summed E-state index contributed by atoms with van der Waals surface area (Å²) in [4.78, 5) is 0. The van der Waals surface area contributed by atoms with Gasteiger partial charge in [-0.3, -0.25) is 0 Å². The lowest BCUT2D eigenvalue weighted by atomic mass is 10.7. The van der Waals surface area contributed by atoms with E-state index in [1.165, 1.54) is 0 Å². The zero-order chi connectivity index (χ0) is 6.41. The molecule has 4 N–H and O–H groups in total. The third-order valence-corrected chi connectivity index (χ3v) is 0.529. The molecule has 0 unspecified atom stereocenters. The molecule has 0 aromatic rings. The third-order valence-electron chi connectivity index (χ3n) is 0.529. The van der Waals surface area contributed by atoms with Crippen molar-refractivity contribution in [3.05, 3.63) is 0 Å². The van der Waals surface area contributed by atoms with E-state index in [0.29, 0.717) is 13.2 Å². The van der Waals surface area contributed by atoms with Gasteiger partial charge in [0.25, 0.3) is 0 Å². The molecule has 0 atom stereocenters. The van der Waals surface area contributed by atoms with Crippen LogP contribution in [0, 0.1) is 0 Å². The summed E-state index contributed by atoms with van der Waals surface area (Å²) in [5.74, 6) is 0. The number of nitrogens with two attached hydrogens (primary N) is 1. The second kappa shape index (κ2) is 4.99. The molecule has 0 fully saturated rings. The number of hydrogen-bond donors (Lipinski definition) is 3. The second-order valence-corrected chi connectivity index (χ2v) is 1.34. The van der Waals surface area contributed by atoms with Crippen LogP contribution < -0.4 is 5.73 Å². The first-order valence-electron chi connectivity index (χ1n) is 2.41. The van der Waals surface area contributed by atoms with Gasteiger partial charge in [-0.2, -0.15) is 0 Å². The zero-order valence-corrected chi connectivity index (χ0v) is 4.58. The molecule has 0 radical (unpaired) electrons. The molecule has 0 aliphatic heterocycles. The van der Waals surface area contributed by atoms with E-state index in [9.17, 15) is 0 Å². The fourth-order valence-corrected chi connectivity index (χ4v) is 0.272. The van der Waals surface area contributed by atoms with Crippen LogP contribution in [0.4, 0.5) is 0 Å². The van der Waals surface area contributed by atoms with Crippen molar-refractivity contribution in [2.45, 2.75) is 6.29 Å². The normalized spacial score (nSPS) is 10.5. The predicted octanol–water partition coefficient (Wildman–Crippen LogP) is -1.73. The molecule has 0 spiro atoms. The number of hydrogen-bond acceptors (Lipinski definition) is 4. The monoisotopic (exact) mass is 121 g/mol. The van der Waals surface area contributed by atoms with Gasteiger partial charge in [-0.25, -0.2) is 0 Å². The molecule has 0 aliphatic rings. The Bertz CT molecular complexity index is 48.5. The molecule has 8 heavy (non-hydrogen) atoms. The van der Waals surface area contributed by atoms with E-state index >= 15 is 0 Å². The smallest absolute Gasteiger partial charge is 0.175 e. The maximum atomic E-state index is 8.17. The minimum atomic E-state index is -1.37. The van der Waals surface area contributed by atoms with Gasteiger partial charge in [-0.1, -0.05) is 0 Å². The summed E-state index contributed by atoms with van der Waals surface area (Å²) in [5.41, 5.74) is 5.03. The highest BCUT2D eigenvalue weighted by Crippen LogP contribution is 1.76. The van der Waals surface area contributed by atoms with Crippen molar-refractivity contribution in [1.29, 1.82) is 0 Å². The van der Waals surface area contributed by atoms with Crippen molar-refractivity contribution < 1.29 is 14.9 Å². The highest BCUT2D eigenvalue weighted by Gasteiger charge is 1.93. The maximum absolute atomic E-state index is 8.17. The van der Waals surface area contributed by atoms with E-state index in [4.69, 9.17) is 15.9 Å². The Hall–Kier alpha value is -0.160. The highest BCUT2D eigenvalue weighted by atomic mass is 16.5. The summed E-state index contributed by atoms with van der Waals surface area (Å²) in [6, 6.07) is 0. The number of ether oxygens (including phenoxy) is 1. The topological polar surface area (TPSA) is 75.7 Å². The van der Waals surface area contributed by atoms with Crippen LogP contribution in [-0.4, -0.2) is 36.3 Å². The summed E-state index contributed by atoms with van der Waals surface area (Å²) >= 11 is 0. The number of aliphatic hydroxyl groups is 2. The lowest BCUT2D eigenvalue weighted by molar-refractivity contribution is -0.0933. The summed E-state index contributed by atoms with van der Waals surface area (Å²) in [6.07, 6.45) is -1.37. The average molecular weight is 121 g/mol. The molecular formula is C4H11NO3. The van der Waals surface area contributed by atoms with Crippen LogP contribution in [-0.2, 0) is 4.74 Å². The molecule has 50 valence electrons. The second-order valence-electron chi connectivity index (χ2n) is 1.34. The lowest BCUT2D eigenvalue weighted by Crippen LogP contribution is -2.17. The van der Waals surface area contributed by atoms with E-state index < -0.39 is 6.29 Å². The average Bonchev–Trinajstić information content (AvgIpc) is 1.66. The van der Waals surface area contributed by atoms with Crippen molar-refractivity contribution in [1.82, 2.24) is 0 Å². The van der Waals surface area contributed by atoms with Gasteiger partial charge in [0.15, 0.2) is 6.29 Å². The Labute approximate surface area is 47.9 Å². The Morgan fingerprint density at radius 3 is 2.50 bits per heavy atom. The Balaban J connectivity index is 2.72. The van der Waals surface area contributed by atoms with Crippen LogP contribution in [0.3, 0.4) is 0 Å². The minimum Gasteiger partial charge on any atom is -0.375 e. The highest BCUT2D eigenvalue weighted by molar-refractivity contribution is 4.33. The molecular weight excluding hydrogens is 110 g/mol. The van der Waals surface area contributed by atoms with Gasteiger partial charge in [0.05, 0.1) is 13.2 Å². The molecule has 0 saturated carbocycles.